The van der Waals surface area contributed by atoms with E-state index in [0.717, 1.165) is 12.1 Å². The van der Waals surface area contributed by atoms with Crippen molar-refractivity contribution in [3.8, 4) is 5.69 Å². The number of aromatic nitrogens is 3. The van der Waals surface area contributed by atoms with Gasteiger partial charge in [0.1, 0.15) is 10.8 Å². The number of aryl methyl sites for hydroxylation is 1. The molecule has 2 aromatic heterocycles. The van der Waals surface area contributed by atoms with Crippen molar-refractivity contribution < 1.29 is 31.1 Å². The lowest BCUT2D eigenvalue weighted by Gasteiger charge is -2.11. The average Bonchev–Trinajstić information content (AvgIpc) is 3.11. The zero-order valence-electron chi connectivity index (χ0n) is 15.6. The predicted octanol–water partition coefficient (Wildman–Crippen LogP) is 5.45. The summed E-state index contributed by atoms with van der Waals surface area (Å²) in [5.41, 5.74) is -2.12. The molecule has 0 unspecified atom stereocenters. The van der Waals surface area contributed by atoms with Gasteiger partial charge in [-0.15, -0.1) is 0 Å². The van der Waals surface area contributed by atoms with Gasteiger partial charge in [-0.2, -0.15) is 31.4 Å². The Hall–Kier alpha value is -3.08. The second-order valence-corrected chi connectivity index (χ2v) is 6.85. The topological polar surface area (TPSA) is 59.8 Å². The fourth-order valence-corrected chi connectivity index (χ4v) is 2.93. The standard InChI is InChI=1S/C19H13ClF6N4O/c1-10-2-3-11(17(20)27-10)8-16(31)28-12-4-6-13(7-5-12)30-15(19(24,25)26)9-14(29-30)18(21,22)23/h2-7,9H,8H2,1H3,(H,28,31). The van der Waals surface area contributed by atoms with Crippen LogP contribution in [0, 0.1) is 6.92 Å². The number of hydrogen-bond acceptors (Lipinski definition) is 3. The summed E-state index contributed by atoms with van der Waals surface area (Å²) in [7, 11) is 0. The van der Waals surface area contributed by atoms with Crippen molar-refractivity contribution in [1.29, 1.82) is 0 Å². The fraction of sp³-hybridized carbons (Fsp3) is 0.211. The molecule has 0 saturated heterocycles. The van der Waals surface area contributed by atoms with Crippen molar-refractivity contribution in [2.45, 2.75) is 25.7 Å². The molecule has 0 aliphatic rings. The van der Waals surface area contributed by atoms with Crippen LogP contribution in [0.5, 0.6) is 0 Å². The van der Waals surface area contributed by atoms with Crippen molar-refractivity contribution in [1.82, 2.24) is 14.8 Å². The monoisotopic (exact) mass is 462 g/mol. The third-order valence-corrected chi connectivity index (χ3v) is 4.43. The highest BCUT2D eigenvalue weighted by Crippen LogP contribution is 2.36. The molecule has 0 saturated carbocycles. The van der Waals surface area contributed by atoms with Crippen molar-refractivity contribution in [3.63, 3.8) is 0 Å². The Morgan fingerprint density at radius 2 is 1.68 bits per heavy atom. The summed E-state index contributed by atoms with van der Waals surface area (Å²) in [6, 6.07) is 7.98. The van der Waals surface area contributed by atoms with E-state index in [1.807, 2.05) is 0 Å². The Morgan fingerprint density at radius 3 is 2.23 bits per heavy atom. The summed E-state index contributed by atoms with van der Waals surface area (Å²) < 4.78 is 78.1. The Kier molecular flexibility index (Phi) is 5.99. The molecule has 0 aliphatic carbocycles. The second kappa shape index (κ2) is 8.22. The van der Waals surface area contributed by atoms with Crippen molar-refractivity contribution in [2.75, 3.05) is 5.32 Å². The molecule has 164 valence electrons. The highest BCUT2D eigenvalue weighted by molar-refractivity contribution is 6.30. The van der Waals surface area contributed by atoms with E-state index < -0.39 is 29.6 Å². The summed E-state index contributed by atoms with van der Waals surface area (Å²) in [6.45, 7) is 1.73. The number of halogens is 7. The molecule has 0 radical (unpaired) electrons. The van der Waals surface area contributed by atoms with Crippen LogP contribution in [-0.4, -0.2) is 20.7 Å². The summed E-state index contributed by atoms with van der Waals surface area (Å²) in [4.78, 5) is 16.2. The molecule has 0 atom stereocenters. The number of carbonyl (C=O) groups excluding carboxylic acids is 1. The molecule has 0 spiro atoms. The minimum atomic E-state index is -5.05. The smallest absolute Gasteiger partial charge is 0.326 e. The van der Waals surface area contributed by atoms with Crippen LogP contribution < -0.4 is 5.32 Å². The van der Waals surface area contributed by atoms with E-state index in [0.29, 0.717) is 11.3 Å². The Bertz CT molecular complexity index is 1110. The number of carbonyl (C=O) groups is 1. The Labute approximate surface area is 176 Å². The van der Waals surface area contributed by atoms with E-state index in [2.05, 4.69) is 15.4 Å². The first-order valence-electron chi connectivity index (χ1n) is 8.61. The molecule has 1 amide bonds. The SMILES string of the molecule is Cc1ccc(CC(=O)Nc2ccc(-n3nc(C(F)(F)F)cc3C(F)(F)F)cc2)c(Cl)n1. The van der Waals surface area contributed by atoms with Crippen molar-refractivity contribution in [3.05, 3.63) is 70.3 Å². The Morgan fingerprint density at radius 1 is 1.03 bits per heavy atom. The maximum Gasteiger partial charge on any atom is 0.435 e. The summed E-state index contributed by atoms with van der Waals surface area (Å²) >= 11 is 5.98. The first kappa shape index (κ1) is 22.6. The normalized spacial score (nSPS) is 12.1. The molecular weight excluding hydrogens is 450 g/mol. The minimum Gasteiger partial charge on any atom is -0.326 e. The molecule has 2 heterocycles. The number of pyridine rings is 1. The van der Waals surface area contributed by atoms with E-state index >= 15 is 0 Å². The number of alkyl halides is 6. The van der Waals surface area contributed by atoms with Gasteiger partial charge in [0, 0.05) is 17.4 Å². The number of anilines is 1. The molecule has 5 nitrogen and oxygen atoms in total. The lowest BCUT2D eigenvalue weighted by atomic mass is 10.2. The molecule has 12 heteroatoms. The summed E-state index contributed by atoms with van der Waals surface area (Å²) in [6.07, 6.45) is -10.2. The van der Waals surface area contributed by atoms with Crippen molar-refractivity contribution >= 4 is 23.2 Å². The van der Waals surface area contributed by atoms with Crippen LogP contribution in [0.4, 0.5) is 32.0 Å². The lowest BCUT2D eigenvalue weighted by molar-refractivity contribution is -0.143. The van der Waals surface area contributed by atoms with E-state index in [1.165, 1.54) is 12.1 Å². The molecule has 3 rings (SSSR count). The van der Waals surface area contributed by atoms with E-state index in [9.17, 15) is 31.1 Å². The van der Waals surface area contributed by atoms with E-state index in [1.54, 1.807) is 19.1 Å². The van der Waals surface area contributed by atoms with Gasteiger partial charge in [-0.05, 0) is 42.8 Å². The minimum absolute atomic E-state index is 0.0605. The molecule has 0 aliphatic heterocycles. The summed E-state index contributed by atoms with van der Waals surface area (Å²) in [5, 5.41) is 5.74. The summed E-state index contributed by atoms with van der Waals surface area (Å²) in [5.74, 6) is -0.463. The van der Waals surface area contributed by atoms with Crippen molar-refractivity contribution in [2.24, 2.45) is 0 Å². The highest BCUT2D eigenvalue weighted by atomic mass is 35.5. The molecule has 0 bridgehead atoms. The van der Waals surface area contributed by atoms with Crippen LogP contribution in [0.15, 0.2) is 42.5 Å². The fourth-order valence-electron chi connectivity index (χ4n) is 2.67. The van der Waals surface area contributed by atoms with Gasteiger partial charge in [0.15, 0.2) is 5.69 Å². The number of nitrogens with one attached hydrogen (secondary N) is 1. The van der Waals surface area contributed by atoms with Gasteiger partial charge < -0.3 is 5.32 Å². The maximum absolute atomic E-state index is 13.2. The highest BCUT2D eigenvalue weighted by Gasteiger charge is 2.42. The maximum atomic E-state index is 13.2. The van der Waals surface area contributed by atoms with Crippen LogP contribution in [0.25, 0.3) is 5.69 Å². The molecule has 0 fully saturated rings. The zero-order chi connectivity index (χ0) is 23.0. The molecule has 31 heavy (non-hydrogen) atoms. The molecular formula is C19H13ClF6N4O. The third-order valence-electron chi connectivity index (χ3n) is 4.10. The van der Waals surface area contributed by atoms with Gasteiger partial charge in [-0.3, -0.25) is 4.79 Å². The van der Waals surface area contributed by atoms with Crippen LogP contribution in [0.1, 0.15) is 22.6 Å². The van der Waals surface area contributed by atoms with Crippen LogP contribution in [-0.2, 0) is 23.6 Å². The third kappa shape index (κ3) is 5.35. The number of benzene rings is 1. The predicted molar refractivity (Wildman–Crippen MR) is 99.9 cm³/mol. The van der Waals surface area contributed by atoms with Crippen LogP contribution >= 0.6 is 11.6 Å². The molecule has 3 aromatic rings. The Balaban J connectivity index is 1.80. The molecule has 1 aromatic carbocycles. The zero-order valence-corrected chi connectivity index (χ0v) is 16.4. The average molecular weight is 463 g/mol. The molecule has 1 N–H and O–H groups in total. The van der Waals surface area contributed by atoms with E-state index in [-0.39, 0.29) is 33.7 Å². The van der Waals surface area contributed by atoms with Gasteiger partial charge in [0.25, 0.3) is 0 Å². The van der Waals surface area contributed by atoms with Crippen LogP contribution in [0.2, 0.25) is 5.15 Å². The van der Waals surface area contributed by atoms with Gasteiger partial charge in [-0.1, -0.05) is 17.7 Å². The lowest BCUT2D eigenvalue weighted by Crippen LogP contribution is -2.15. The van der Waals surface area contributed by atoms with Gasteiger partial charge >= 0.3 is 12.4 Å². The number of nitrogens with zero attached hydrogens (tertiary/aromatic N) is 3. The first-order chi connectivity index (χ1) is 14.3. The van der Waals surface area contributed by atoms with Gasteiger partial charge in [0.05, 0.1) is 12.1 Å². The number of amides is 1. The number of hydrogen-bond donors (Lipinski definition) is 1. The second-order valence-electron chi connectivity index (χ2n) is 6.50. The van der Waals surface area contributed by atoms with Gasteiger partial charge in [0.2, 0.25) is 5.91 Å². The van der Waals surface area contributed by atoms with Gasteiger partial charge in [-0.25, -0.2) is 9.67 Å². The van der Waals surface area contributed by atoms with Crippen LogP contribution in [0.3, 0.4) is 0 Å². The largest absolute Gasteiger partial charge is 0.435 e. The van der Waals surface area contributed by atoms with E-state index in [4.69, 9.17) is 11.6 Å². The number of rotatable bonds is 4. The quantitative estimate of drug-likeness (QED) is 0.414. The first-order valence-corrected chi connectivity index (χ1v) is 8.99.